The van der Waals surface area contributed by atoms with Crippen molar-refractivity contribution in [1.82, 2.24) is 0 Å². The third-order valence-corrected chi connectivity index (χ3v) is 0.729. The summed E-state index contributed by atoms with van der Waals surface area (Å²) >= 11 is 0. The van der Waals surface area contributed by atoms with Crippen molar-refractivity contribution in [1.29, 1.82) is 0 Å². The van der Waals surface area contributed by atoms with Crippen LogP contribution < -0.4 is 0 Å². The molecule has 0 N–H and O–H groups in total. The highest BCUT2D eigenvalue weighted by Crippen LogP contribution is 1.86. The Morgan fingerprint density at radius 2 is 2.22 bits per heavy atom. The van der Waals surface area contributed by atoms with Gasteiger partial charge in [-0.15, -0.1) is 0 Å². The third kappa shape index (κ3) is 7.47. The van der Waals surface area contributed by atoms with Crippen LogP contribution in [0.2, 0.25) is 0 Å². The van der Waals surface area contributed by atoms with E-state index in [-0.39, 0.29) is 0 Å². The average Bonchev–Trinajstić information content (AvgIpc) is 1.80. The number of nitrogens with zero attached hydrogens (tertiary/aromatic N) is 1. The van der Waals surface area contributed by atoms with E-state index in [9.17, 15) is 0 Å². The fraction of sp³-hybridized carbons (Fsp3) is 0.857. The first-order chi connectivity index (χ1) is 4.27. The van der Waals surface area contributed by atoms with E-state index in [1.54, 1.807) is 6.21 Å². The summed E-state index contributed by atoms with van der Waals surface area (Å²) in [4.78, 5) is 4.86. The van der Waals surface area contributed by atoms with Gasteiger partial charge < -0.3 is 4.84 Å². The van der Waals surface area contributed by atoms with Crippen LogP contribution in [0.3, 0.4) is 0 Å². The van der Waals surface area contributed by atoms with Crippen molar-refractivity contribution in [2.45, 2.75) is 27.2 Å². The second kappa shape index (κ2) is 5.60. The van der Waals surface area contributed by atoms with Gasteiger partial charge in [0.15, 0.2) is 0 Å². The molecule has 2 nitrogen and oxygen atoms in total. The maximum atomic E-state index is 4.86. The molecule has 0 radical (unpaired) electrons. The van der Waals surface area contributed by atoms with Crippen molar-refractivity contribution < 1.29 is 4.84 Å². The molecule has 0 atom stereocenters. The summed E-state index contributed by atoms with van der Waals surface area (Å²) < 4.78 is 0. The molecule has 0 amide bonds. The molecule has 0 heterocycles. The van der Waals surface area contributed by atoms with Gasteiger partial charge >= 0.3 is 0 Å². The summed E-state index contributed by atoms with van der Waals surface area (Å²) in [6.07, 6.45) is 2.82. The fourth-order valence-corrected chi connectivity index (χ4v) is 0.309. The minimum atomic E-state index is 0.488. The first-order valence-corrected chi connectivity index (χ1v) is 3.42. The van der Waals surface area contributed by atoms with Gasteiger partial charge in [0.2, 0.25) is 0 Å². The number of oxime groups is 1. The van der Waals surface area contributed by atoms with Crippen molar-refractivity contribution >= 4 is 6.21 Å². The molecule has 9 heavy (non-hydrogen) atoms. The molecule has 0 aliphatic heterocycles. The second-order valence-electron chi connectivity index (χ2n) is 2.33. The van der Waals surface area contributed by atoms with Crippen molar-refractivity contribution in [2.75, 3.05) is 6.61 Å². The van der Waals surface area contributed by atoms with Crippen molar-refractivity contribution in [3.05, 3.63) is 0 Å². The molecule has 0 saturated carbocycles. The molecule has 0 unspecified atom stereocenters. The highest BCUT2D eigenvalue weighted by atomic mass is 16.6. The smallest absolute Gasteiger partial charge is 0.116 e. The van der Waals surface area contributed by atoms with Gasteiger partial charge in [-0.3, -0.25) is 0 Å². The van der Waals surface area contributed by atoms with E-state index in [0.29, 0.717) is 5.92 Å². The molecule has 0 aliphatic carbocycles. The van der Waals surface area contributed by atoms with Gasteiger partial charge in [0.25, 0.3) is 0 Å². The van der Waals surface area contributed by atoms with Crippen LogP contribution in [0.25, 0.3) is 0 Å². The van der Waals surface area contributed by atoms with Crippen LogP contribution >= 0.6 is 0 Å². The Balaban J connectivity index is 3.04. The van der Waals surface area contributed by atoms with E-state index < -0.39 is 0 Å². The molecule has 0 aromatic rings. The van der Waals surface area contributed by atoms with Gasteiger partial charge in [-0.05, 0) is 12.3 Å². The van der Waals surface area contributed by atoms with E-state index >= 15 is 0 Å². The zero-order chi connectivity index (χ0) is 7.11. The predicted octanol–water partition coefficient (Wildman–Crippen LogP) is 2.05. The molecular formula is C7H15NO. The molecule has 54 valence electrons. The molecule has 0 saturated heterocycles. The lowest BCUT2D eigenvalue weighted by Gasteiger charge is -1.94. The number of hydrogen-bond acceptors (Lipinski definition) is 2. The van der Waals surface area contributed by atoms with Crippen LogP contribution in [0, 0.1) is 5.92 Å². The normalized spacial score (nSPS) is 11.1. The van der Waals surface area contributed by atoms with Crippen LogP contribution in [0.4, 0.5) is 0 Å². The Bertz CT molecular complexity index is 79.0. The first-order valence-electron chi connectivity index (χ1n) is 3.42. The minimum absolute atomic E-state index is 0.488. The number of rotatable bonds is 4. The topological polar surface area (TPSA) is 21.6 Å². The Kier molecular flexibility index (Phi) is 5.27. The largest absolute Gasteiger partial charge is 0.396 e. The van der Waals surface area contributed by atoms with Crippen LogP contribution in [0.5, 0.6) is 0 Å². The summed E-state index contributed by atoms with van der Waals surface area (Å²) in [6.45, 7) is 6.92. The maximum absolute atomic E-state index is 4.86. The van der Waals surface area contributed by atoms with Gasteiger partial charge in [-0.25, -0.2) is 0 Å². The molecule has 0 aromatic carbocycles. The number of hydrogen-bond donors (Lipinski definition) is 0. The van der Waals surface area contributed by atoms with Gasteiger partial charge in [-0.2, -0.15) is 0 Å². The van der Waals surface area contributed by atoms with E-state index in [4.69, 9.17) is 4.84 Å². The van der Waals surface area contributed by atoms with E-state index in [1.807, 2.05) is 0 Å². The van der Waals surface area contributed by atoms with Crippen molar-refractivity contribution in [3.8, 4) is 0 Å². The minimum Gasteiger partial charge on any atom is -0.396 e. The zero-order valence-corrected chi connectivity index (χ0v) is 6.42. The summed E-state index contributed by atoms with van der Waals surface area (Å²) in [5.41, 5.74) is 0. The Hall–Kier alpha value is -0.530. The SMILES string of the molecule is CCCO/N=C/C(C)C. The monoisotopic (exact) mass is 129 g/mol. The van der Waals surface area contributed by atoms with Gasteiger partial charge in [-0.1, -0.05) is 25.9 Å². The Morgan fingerprint density at radius 1 is 1.56 bits per heavy atom. The lowest BCUT2D eigenvalue weighted by Crippen LogP contribution is -1.90. The Morgan fingerprint density at radius 3 is 2.67 bits per heavy atom. The van der Waals surface area contributed by atoms with Crippen molar-refractivity contribution in [3.63, 3.8) is 0 Å². The van der Waals surface area contributed by atoms with E-state index in [1.165, 1.54) is 0 Å². The summed E-state index contributed by atoms with van der Waals surface area (Å²) in [6, 6.07) is 0. The maximum Gasteiger partial charge on any atom is 0.116 e. The van der Waals surface area contributed by atoms with Crippen LogP contribution in [0.15, 0.2) is 5.16 Å². The summed E-state index contributed by atoms with van der Waals surface area (Å²) in [5.74, 6) is 0.488. The highest BCUT2D eigenvalue weighted by molar-refractivity contribution is 5.58. The average molecular weight is 129 g/mol. The van der Waals surface area contributed by atoms with E-state index in [2.05, 4.69) is 25.9 Å². The fourth-order valence-electron chi connectivity index (χ4n) is 0.309. The molecule has 0 bridgehead atoms. The van der Waals surface area contributed by atoms with Crippen LogP contribution in [-0.2, 0) is 4.84 Å². The molecule has 0 rings (SSSR count). The standard InChI is InChI=1S/C7H15NO/c1-4-5-9-8-6-7(2)3/h6-7H,4-5H2,1-3H3/b8-6+. The zero-order valence-electron chi connectivity index (χ0n) is 6.42. The van der Waals surface area contributed by atoms with Crippen molar-refractivity contribution in [2.24, 2.45) is 11.1 Å². The van der Waals surface area contributed by atoms with Gasteiger partial charge in [0.05, 0.1) is 0 Å². The summed E-state index contributed by atoms with van der Waals surface area (Å²) in [7, 11) is 0. The molecule has 0 aliphatic rings. The first kappa shape index (κ1) is 8.47. The van der Waals surface area contributed by atoms with Crippen LogP contribution in [-0.4, -0.2) is 12.8 Å². The molecule has 0 fully saturated rings. The molecular weight excluding hydrogens is 114 g/mol. The predicted molar refractivity (Wildman–Crippen MR) is 39.6 cm³/mol. The molecule has 0 aromatic heterocycles. The quantitative estimate of drug-likeness (QED) is 0.323. The second-order valence-corrected chi connectivity index (χ2v) is 2.33. The lowest BCUT2D eigenvalue weighted by atomic mass is 10.3. The van der Waals surface area contributed by atoms with E-state index in [0.717, 1.165) is 13.0 Å². The van der Waals surface area contributed by atoms with Crippen LogP contribution in [0.1, 0.15) is 27.2 Å². The summed E-state index contributed by atoms with van der Waals surface area (Å²) in [5, 5.41) is 3.74. The molecule has 2 heteroatoms. The van der Waals surface area contributed by atoms with Gasteiger partial charge in [0, 0.05) is 6.21 Å². The Labute approximate surface area is 56.9 Å². The third-order valence-electron chi connectivity index (χ3n) is 0.729. The highest BCUT2D eigenvalue weighted by Gasteiger charge is 1.83. The van der Waals surface area contributed by atoms with Gasteiger partial charge in [0.1, 0.15) is 6.61 Å². The lowest BCUT2D eigenvalue weighted by molar-refractivity contribution is 0.145. The molecule has 0 spiro atoms.